The van der Waals surface area contributed by atoms with E-state index in [9.17, 15) is 4.79 Å². The molecule has 1 aliphatic rings. The lowest BCUT2D eigenvalue weighted by Crippen LogP contribution is -2.37. The summed E-state index contributed by atoms with van der Waals surface area (Å²) < 4.78 is 0. The molecular formula is C7H14N2O2. The largest absolute Gasteiger partial charge is 0.374 e. The van der Waals surface area contributed by atoms with Crippen LogP contribution in [0.1, 0.15) is 19.8 Å². The summed E-state index contributed by atoms with van der Waals surface area (Å²) in [4.78, 5) is 9.89. The molecule has 0 aliphatic heterocycles. The van der Waals surface area contributed by atoms with Crippen molar-refractivity contribution < 1.29 is 9.90 Å². The molecule has 1 fully saturated rings. The van der Waals surface area contributed by atoms with Gasteiger partial charge in [0, 0.05) is 12.0 Å². The molecule has 11 heavy (non-hydrogen) atoms. The molecule has 4 N–H and O–H groups in total. The summed E-state index contributed by atoms with van der Waals surface area (Å²) in [6.45, 7) is 2.04. The number of rotatable bonds is 4. The van der Waals surface area contributed by atoms with Gasteiger partial charge in [-0.1, -0.05) is 6.92 Å². The van der Waals surface area contributed by atoms with Crippen molar-refractivity contribution in [2.45, 2.75) is 31.5 Å². The summed E-state index contributed by atoms with van der Waals surface area (Å²) in [5, 5.41) is 11.4. The van der Waals surface area contributed by atoms with Crippen molar-refractivity contribution in [3.8, 4) is 0 Å². The fourth-order valence-corrected chi connectivity index (χ4v) is 1.29. The molecule has 1 rings (SSSR count). The van der Waals surface area contributed by atoms with Crippen molar-refractivity contribution in [3.63, 3.8) is 0 Å². The molecule has 4 nitrogen and oxygen atoms in total. The van der Waals surface area contributed by atoms with E-state index in [1.165, 1.54) is 0 Å². The molecule has 0 aromatic heterocycles. The molecule has 1 aliphatic carbocycles. The van der Waals surface area contributed by atoms with Gasteiger partial charge in [-0.2, -0.15) is 0 Å². The van der Waals surface area contributed by atoms with Gasteiger partial charge in [0.25, 0.3) is 0 Å². The molecule has 0 aromatic rings. The lowest BCUT2D eigenvalue weighted by molar-refractivity contribution is -0.112. The van der Waals surface area contributed by atoms with Gasteiger partial charge in [0.1, 0.15) is 6.23 Å². The average Bonchev–Trinajstić information content (AvgIpc) is 2.39. The molecule has 0 heterocycles. The van der Waals surface area contributed by atoms with Crippen molar-refractivity contribution in [2.75, 3.05) is 0 Å². The van der Waals surface area contributed by atoms with Gasteiger partial charge < -0.3 is 16.2 Å². The molecule has 0 saturated heterocycles. The lowest BCUT2D eigenvalue weighted by Gasteiger charge is -2.14. The van der Waals surface area contributed by atoms with Gasteiger partial charge in [-0.25, -0.2) is 0 Å². The fourth-order valence-electron chi connectivity index (χ4n) is 1.29. The highest BCUT2D eigenvalue weighted by Gasteiger charge is 2.48. The molecular weight excluding hydrogens is 144 g/mol. The van der Waals surface area contributed by atoms with Gasteiger partial charge in [-0.15, -0.1) is 0 Å². The number of carbonyl (C=O) groups is 1. The van der Waals surface area contributed by atoms with Crippen LogP contribution in [-0.2, 0) is 4.79 Å². The number of hydrogen-bond acceptors (Lipinski definition) is 3. The van der Waals surface area contributed by atoms with E-state index in [1.54, 1.807) is 0 Å². The second-order valence-electron chi connectivity index (χ2n) is 3.34. The van der Waals surface area contributed by atoms with Crippen molar-refractivity contribution in [3.05, 3.63) is 0 Å². The Morgan fingerprint density at radius 1 is 2.00 bits per heavy atom. The number of nitrogens with one attached hydrogen (secondary N) is 1. The normalized spacial score (nSPS) is 37.9. The Morgan fingerprint density at radius 3 is 2.91 bits per heavy atom. The zero-order valence-electron chi connectivity index (χ0n) is 6.58. The first kappa shape index (κ1) is 8.49. The molecule has 1 amide bonds. The SMILES string of the molecule is CC1CC1(N)CC(O)NC=O. The Balaban J connectivity index is 2.25. The van der Waals surface area contributed by atoms with Crippen LogP contribution in [0.4, 0.5) is 0 Å². The van der Waals surface area contributed by atoms with Gasteiger partial charge in [-0.05, 0) is 12.3 Å². The van der Waals surface area contributed by atoms with Gasteiger partial charge in [-0.3, -0.25) is 4.79 Å². The minimum Gasteiger partial charge on any atom is -0.374 e. The predicted octanol–water partition coefficient (Wildman–Crippen LogP) is -0.822. The van der Waals surface area contributed by atoms with E-state index in [0.29, 0.717) is 18.7 Å². The third-order valence-corrected chi connectivity index (χ3v) is 2.34. The van der Waals surface area contributed by atoms with E-state index in [-0.39, 0.29) is 5.54 Å². The maximum Gasteiger partial charge on any atom is 0.209 e. The van der Waals surface area contributed by atoms with Crippen molar-refractivity contribution in [1.29, 1.82) is 0 Å². The minimum absolute atomic E-state index is 0.241. The zero-order valence-corrected chi connectivity index (χ0v) is 6.58. The van der Waals surface area contributed by atoms with E-state index in [1.807, 2.05) is 6.92 Å². The van der Waals surface area contributed by atoms with E-state index in [0.717, 1.165) is 6.42 Å². The molecule has 0 spiro atoms. The lowest BCUT2D eigenvalue weighted by atomic mass is 10.1. The Bertz CT molecular complexity index is 163. The van der Waals surface area contributed by atoms with Gasteiger partial charge in [0.15, 0.2) is 0 Å². The van der Waals surface area contributed by atoms with Crippen LogP contribution in [0.25, 0.3) is 0 Å². The molecule has 4 heteroatoms. The van der Waals surface area contributed by atoms with E-state index < -0.39 is 6.23 Å². The van der Waals surface area contributed by atoms with Crippen LogP contribution in [0.3, 0.4) is 0 Å². The van der Waals surface area contributed by atoms with Gasteiger partial charge in [0.2, 0.25) is 6.41 Å². The second kappa shape index (κ2) is 2.79. The monoisotopic (exact) mass is 158 g/mol. The summed E-state index contributed by atoms with van der Waals surface area (Å²) in [6, 6.07) is 0. The Hall–Kier alpha value is -0.610. The first-order valence-corrected chi connectivity index (χ1v) is 3.75. The van der Waals surface area contributed by atoms with E-state index >= 15 is 0 Å². The standard InChI is InChI=1S/C7H14N2O2/c1-5-2-7(5,8)3-6(11)9-4-10/h4-6,11H,2-3,8H2,1H3,(H,9,10). The molecule has 1 saturated carbocycles. The highest BCUT2D eigenvalue weighted by Crippen LogP contribution is 2.43. The summed E-state index contributed by atoms with van der Waals surface area (Å²) in [5.74, 6) is 0.464. The summed E-state index contributed by atoms with van der Waals surface area (Å²) in [5.41, 5.74) is 5.56. The highest BCUT2D eigenvalue weighted by molar-refractivity contribution is 5.46. The van der Waals surface area contributed by atoms with Crippen LogP contribution in [0.2, 0.25) is 0 Å². The summed E-state index contributed by atoms with van der Waals surface area (Å²) in [6.07, 6.45) is 1.08. The number of aliphatic hydroxyl groups excluding tert-OH is 1. The maximum absolute atomic E-state index is 9.89. The van der Waals surface area contributed by atoms with E-state index in [4.69, 9.17) is 10.8 Å². The summed E-state index contributed by atoms with van der Waals surface area (Å²) in [7, 11) is 0. The van der Waals surface area contributed by atoms with Crippen molar-refractivity contribution >= 4 is 6.41 Å². The Morgan fingerprint density at radius 2 is 2.55 bits per heavy atom. The van der Waals surface area contributed by atoms with Crippen LogP contribution in [0.15, 0.2) is 0 Å². The fraction of sp³-hybridized carbons (Fsp3) is 0.857. The van der Waals surface area contributed by atoms with Crippen LogP contribution in [-0.4, -0.2) is 23.3 Å². The molecule has 0 aromatic carbocycles. The minimum atomic E-state index is -0.789. The second-order valence-corrected chi connectivity index (χ2v) is 3.34. The third-order valence-electron chi connectivity index (χ3n) is 2.34. The van der Waals surface area contributed by atoms with Gasteiger partial charge in [0.05, 0.1) is 0 Å². The Labute approximate surface area is 65.8 Å². The van der Waals surface area contributed by atoms with Gasteiger partial charge >= 0.3 is 0 Å². The average molecular weight is 158 g/mol. The molecule has 0 radical (unpaired) electrons. The topological polar surface area (TPSA) is 75.3 Å². The number of nitrogens with two attached hydrogens (primary N) is 1. The molecule has 3 atom stereocenters. The van der Waals surface area contributed by atoms with Crippen molar-refractivity contribution in [1.82, 2.24) is 5.32 Å². The molecule has 64 valence electrons. The number of carbonyl (C=O) groups excluding carboxylic acids is 1. The Kier molecular flexibility index (Phi) is 2.15. The summed E-state index contributed by atoms with van der Waals surface area (Å²) >= 11 is 0. The zero-order chi connectivity index (χ0) is 8.48. The van der Waals surface area contributed by atoms with Crippen LogP contribution in [0.5, 0.6) is 0 Å². The number of aliphatic hydroxyl groups is 1. The molecule has 3 unspecified atom stereocenters. The number of hydrogen-bond donors (Lipinski definition) is 3. The van der Waals surface area contributed by atoms with Crippen LogP contribution < -0.4 is 11.1 Å². The smallest absolute Gasteiger partial charge is 0.209 e. The third kappa shape index (κ3) is 1.91. The predicted molar refractivity (Wildman–Crippen MR) is 40.5 cm³/mol. The first-order chi connectivity index (χ1) is 5.08. The van der Waals surface area contributed by atoms with E-state index in [2.05, 4.69) is 5.32 Å². The molecule has 0 bridgehead atoms. The van der Waals surface area contributed by atoms with Crippen molar-refractivity contribution in [2.24, 2.45) is 11.7 Å². The first-order valence-electron chi connectivity index (χ1n) is 3.75. The van der Waals surface area contributed by atoms with Crippen LogP contribution >= 0.6 is 0 Å². The highest BCUT2D eigenvalue weighted by atomic mass is 16.3. The van der Waals surface area contributed by atoms with Crippen LogP contribution in [0, 0.1) is 5.92 Å². The maximum atomic E-state index is 9.89. The number of amides is 1. The quantitative estimate of drug-likeness (QED) is 0.369.